The van der Waals surface area contributed by atoms with Crippen LogP contribution in [0.5, 0.6) is 0 Å². The number of nitrogens with one attached hydrogen (secondary N) is 1. The molecule has 7 heteroatoms. The van der Waals surface area contributed by atoms with Gasteiger partial charge in [-0.05, 0) is 36.3 Å². The number of fused-ring (bicyclic) bond motifs is 1. The van der Waals surface area contributed by atoms with Gasteiger partial charge in [-0.25, -0.2) is 0 Å². The van der Waals surface area contributed by atoms with Gasteiger partial charge < -0.3 is 5.41 Å². The zero-order valence-corrected chi connectivity index (χ0v) is 13.8. The van der Waals surface area contributed by atoms with Gasteiger partial charge in [0.1, 0.15) is 5.92 Å². The Hall–Kier alpha value is -3.50. The Kier molecular flexibility index (Phi) is 4.28. The molecule has 0 spiro atoms. The second kappa shape index (κ2) is 6.43. The average Bonchev–Trinajstić information content (AvgIpc) is 2.67. The van der Waals surface area contributed by atoms with E-state index in [1.807, 2.05) is 18.2 Å². The van der Waals surface area contributed by atoms with E-state index in [0.717, 1.165) is 18.4 Å². The standard InChI is InChI=1S/C19H15N5O2/c20-9-16-14-3-1-2-4-15(14)17(19(10-21,11-22)18(16)23)12-5-7-13(8-6-12)24(25)26/h3,5-8,15-17,23H,1-2,4H2/t15-,16-,17+/m1/s1. The molecule has 0 saturated heterocycles. The summed E-state index contributed by atoms with van der Waals surface area (Å²) in [6.45, 7) is 0. The summed E-state index contributed by atoms with van der Waals surface area (Å²) in [6, 6.07) is 11.9. The first-order valence-electron chi connectivity index (χ1n) is 8.25. The van der Waals surface area contributed by atoms with Crippen LogP contribution in [-0.4, -0.2) is 10.6 Å². The van der Waals surface area contributed by atoms with Gasteiger partial charge in [0, 0.05) is 18.1 Å². The van der Waals surface area contributed by atoms with Gasteiger partial charge in [0.15, 0.2) is 5.41 Å². The minimum atomic E-state index is -1.75. The third kappa shape index (κ3) is 2.36. The van der Waals surface area contributed by atoms with Crippen molar-refractivity contribution in [2.75, 3.05) is 0 Å². The van der Waals surface area contributed by atoms with Crippen molar-refractivity contribution in [2.24, 2.45) is 17.3 Å². The van der Waals surface area contributed by atoms with Crippen molar-refractivity contribution in [3.05, 3.63) is 51.6 Å². The Balaban J connectivity index is 2.21. The highest BCUT2D eigenvalue weighted by Crippen LogP contribution is 2.55. The third-order valence-corrected chi connectivity index (χ3v) is 5.39. The molecular weight excluding hydrogens is 330 g/mol. The molecule has 0 aromatic heterocycles. The van der Waals surface area contributed by atoms with Gasteiger partial charge >= 0.3 is 0 Å². The molecule has 0 unspecified atom stereocenters. The quantitative estimate of drug-likeness (QED) is 0.495. The lowest BCUT2D eigenvalue weighted by molar-refractivity contribution is -0.384. The zero-order valence-electron chi connectivity index (χ0n) is 13.8. The first-order valence-corrected chi connectivity index (χ1v) is 8.25. The molecule has 2 aliphatic rings. The Bertz CT molecular complexity index is 913. The second-order valence-electron chi connectivity index (χ2n) is 6.58. The predicted molar refractivity (Wildman–Crippen MR) is 91.8 cm³/mol. The van der Waals surface area contributed by atoms with Crippen molar-refractivity contribution >= 4 is 11.4 Å². The molecule has 3 atom stereocenters. The number of nitrogens with zero attached hydrogens (tertiary/aromatic N) is 4. The number of hydrogen-bond acceptors (Lipinski definition) is 6. The van der Waals surface area contributed by atoms with Crippen LogP contribution in [0, 0.1) is 66.8 Å². The summed E-state index contributed by atoms with van der Waals surface area (Å²) in [5.41, 5.74) is -0.618. The van der Waals surface area contributed by atoms with E-state index in [1.165, 1.54) is 12.1 Å². The second-order valence-corrected chi connectivity index (χ2v) is 6.58. The van der Waals surface area contributed by atoms with E-state index < -0.39 is 22.2 Å². The number of nitro groups is 1. The summed E-state index contributed by atoms with van der Waals surface area (Å²) in [5, 5.41) is 48.6. The highest BCUT2D eigenvalue weighted by atomic mass is 16.6. The lowest BCUT2D eigenvalue weighted by Gasteiger charge is -2.45. The Morgan fingerprint density at radius 2 is 1.85 bits per heavy atom. The molecule has 1 aromatic carbocycles. The summed E-state index contributed by atoms with van der Waals surface area (Å²) >= 11 is 0. The number of nitro benzene ring substituents is 1. The molecule has 7 nitrogen and oxygen atoms in total. The van der Waals surface area contributed by atoms with Gasteiger partial charge in [0.05, 0.1) is 28.8 Å². The number of benzene rings is 1. The Labute approximate surface area is 150 Å². The van der Waals surface area contributed by atoms with Crippen molar-refractivity contribution in [3.63, 3.8) is 0 Å². The summed E-state index contributed by atoms with van der Waals surface area (Å²) in [6.07, 6.45) is 4.34. The van der Waals surface area contributed by atoms with Crippen LogP contribution in [0.25, 0.3) is 0 Å². The molecule has 0 aliphatic heterocycles. The van der Waals surface area contributed by atoms with Crippen LogP contribution in [-0.2, 0) is 0 Å². The largest absolute Gasteiger partial charge is 0.305 e. The molecule has 2 aliphatic carbocycles. The average molecular weight is 345 g/mol. The molecule has 128 valence electrons. The fourth-order valence-corrected chi connectivity index (χ4v) is 4.19. The lowest BCUT2D eigenvalue weighted by Crippen LogP contribution is -2.48. The summed E-state index contributed by atoms with van der Waals surface area (Å²) in [5.74, 6) is -1.70. The van der Waals surface area contributed by atoms with Gasteiger partial charge in [-0.2, -0.15) is 15.8 Å². The van der Waals surface area contributed by atoms with Crippen LogP contribution in [0.2, 0.25) is 0 Å². The minimum Gasteiger partial charge on any atom is -0.305 e. The molecule has 1 saturated carbocycles. The maximum Gasteiger partial charge on any atom is 0.269 e. The van der Waals surface area contributed by atoms with Crippen LogP contribution >= 0.6 is 0 Å². The summed E-state index contributed by atoms with van der Waals surface area (Å²) in [7, 11) is 0. The van der Waals surface area contributed by atoms with Crippen molar-refractivity contribution < 1.29 is 4.92 Å². The monoisotopic (exact) mass is 345 g/mol. The van der Waals surface area contributed by atoms with E-state index in [9.17, 15) is 25.9 Å². The van der Waals surface area contributed by atoms with Crippen LogP contribution in [0.1, 0.15) is 30.7 Å². The maximum absolute atomic E-state index is 10.9. The number of non-ortho nitro benzene ring substituents is 1. The van der Waals surface area contributed by atoms with Crippen molar-refractivity contribution in [1.82, 2.24) is 0 Å². The third-order valence-electron chi connectivity index (χ3n) is 5.39. The molecule has 1 N–H and O–H groups in total. The highest BCUT2D eigenvalue weighted by molar-refractivity contribution is 6.00. The number of hydrogen-bond donors (Lipinski definition) is 1. The van der Waals surface area contributed by atoms with Crippen LogP contribution in [0.4, 0.5) is 5.69 Å². The first-order chi connectivity index (χ1) is 12.5. The smallest absolute Gasteiger partial charge is 0.269 e. The Morgan fingerprint density at radius 1 is 1.19 bits per heavy atom. The fraction of sp³-hybridized carbons (Fsp3) is 0.368. The number of nitriles is 3. The topological polar surface area (TPSA) is 138 Å². The lowest BCUT2D eigenvalue weighted by atomic mass is 9.53. The van der Waals surface area contributed by atoms with Crippen LogP contribution in [0.15, 0.2) is 35.9 Å². The molecule has 26 heavy (non-hydrogen) atoms. The van der Waals surface area contributed by atoms with Crippen LogP contribution in [0.3, 0.4) is 0 Å². The van der Waals surface area contributed by atoms with Crippen LogP contribution < -0.4 is 0 Å². The number of allylic oxidation sites excluding steroid dienone is 2. The SMILES string of the molecule is N#C[C@H]1C(=N)C(C#N)(C#N)[C@@H](c2ccc([N+](=O)[O-])cc2)[C@@H]2CCCC=C12. The molecule has 0 amide bonds. The molecule has 3 rings (SSSR count). The molecule has 0 radical (unpaired) electrons. The summed E-state index contributed by atoms with van der Waals surface area (Å²) in [4.78, 5) is 10.4. The van der Waals surface area contributed by atoms with Crippen molar-refractivity contribution in [2.45, 2.75) is 25.2 Å². The molecular formula is C19H15N5O2. The molecule has 1 fully saturated rings. The van der Waals surface area contributed by atoms with Gasteiger partial charge in [0.2, 0.25) is 0 Å². The van der Waals surface area contributed by atoms with Crippen molar-refractivity contribution in [3.8, 4) is 18.2 Å². The normalized spacial score (nSPS) is 26.4. The van der Waals surface area contributed by atoms with Gasteiger partial charge in [-0.3, -0.25) is 10.1 Å². The fourth-order valence-electron chi connectivity index (χ4n) is 4.19. The van der Waals surface area contributed by atoms with Gasteiger partial charge in [-0.15, -0.1) is 0 Å². The van der Waals surface area contributed by atoms with E-state index >= 15 is 0 Å². The Morgan fingerprint density at radius 3 is 2.38 bits per heavy atom. The van der Waals surface area contributed by atoms with E-state index in [0.29, 0.717) is 12.0 Å². The highest BCUT2D eigenvalue weighted by Gasteiger charge is 2.57. The minimum absolute atomic E-state index is 0.0755. The first kappa shape index (κ1) is 17.3. The zero-order chi connectivity index (χ0) is 18.9. The predicted octanol–water partition coefficient (Wildman–Crippen LogP) is 3.61. The van der Waals surface area contributed by atoms with E-state index in [-0.39, 0.29) is 17.3 Å². The van der Waals surface area contributed by atoms with Crippen molar-refractivity contribution in [1.29, 1.82) is 21.2 Å². The van der Waals surface area contributed by atoms with Gasteiger partial charge in [-0.1, -0.05) is 18.2 Å². The number of rotatable bonds is 2. The van der Waals surface area contributed by atoms with Gasteiger partial charge in [0.25, 0.3) is 5.69 Å². The molecule has 1 aromatic rings. The molecule has 0 bridgehead atoms. The van der Waals surface area contributed by atoms with E-state index in [4.69, 9.17) is 5.41 Å². The molecule has 0 heterocycles. The van der Waals surface area contributed by atoms with E-state index in [1.54, 1.807) is 12.1 Å². The maximum atomic E-state index is 10.9. The summed E-state index contributed by atoms with van der Waals surface area (Å²) < 4.78 is 0. The van der Waals surface area contributed by atoms with E-state index in [2.05, 4.69) is 6.07 Å².